The van der Waals surface area contributed by atoms with Gasteiger partial charge in [-0.1, -0.05) is 35.9 Å². The Morgan fingerprint density at radius 1 is 1.11 bits per heavy atom. The monoisotopic (exact) mass is 541 g/mol. The third kappa shape index (κ3) is 5.16. The molecule has 7 nitrogen and oxygen atoms in total. The van der Waals surface area contributed by atoms with E-state index in [9.17, 15) is 9.00 Å². The lowest BCUT2D eigenvalue weighted by Crippen LogP contribution is -2.35. The fourth-order valence-corrected chi connectivity index (χ4v) is 5.72. The molecule has 2 aromatic heterocycles. The fourth-order valence-electron chi connectivity index (χ4n) is 3.94. The quantitative estimate of drug-likeness (QED) is 0.325. The summed E-state index contributed by atoms with van der Waals surface area (Å²) in [5.74, 6) is -0.240. The van der Waals surface area contributed by atoms with Crippen molar-refractivity contribution in [1.29, 1.82) is 0 Å². The van der Waals surface area contributed by atoms with Crippen LogP contribution in [0.4, 0.5) is 0 Å². The summed E-state index contributed by atoms with van der Waals surface area (Å²) in [4.78, 5) is 17.5. The molecule has 0 saturated carbocycles. The molecular weight excluding hydrogens is 518 g/mol. The number of benzene rings is 2. The van der Waals surface area contributed by atoms with E-state index in [1.165, 1.54) is 0 Å². The van der Waals surface area contributed by atoms with Crippen molar-refractivity contribution in [3.63, 3.8) is 0 Å². The summed E-state index contributed by atoms with van der Waals surface area (Å²) in [7, 11) is 0.638. The number of likely N-dealkylation sites (N-methyl/N-ethyl adjacent to an activating group) is 1. The zero-order valence-electron chi connectivity index (χ0n) is 19.7. The van der Waals surface area contributed by atoms with E-state index in [0.717, 1.165) is 25.9 Å². The Morgan fingerprint density at radius 3 is 2.61 bits per heavy atom. The van der Waals surface area contributed by atoms with E-state index in [2.05, 4.69) is 5.10 Å². The van der Waals surface area contributed by atoms with Crippen LogP contribution >= 0.6 is 22.9 Å². The number of amides is 1. The summed E-state index contributed by atoms with van der Waals surface area (Å²) < 4.78 is 24.6. The van der Waals surface area contributed by atoms with Gasteiger partial charge in [0.05, 0.1) is 41.0 Å². The maximum absolute atomic E-state index is 13.3. The average molecular weight is 542 g/mol. The first-order chi connectivity index (χ1) is 17.4. The molecule has 1 fully saturated rings. The molecule has 0 N–H and O–H groups in total. The van der Waals surface area contributed by atoms with E-state index < -0.39 is 17.1 Å². The zero-order chi connectivity index (χ0) is 25.2. The summed E-state index contributed by atoms with van der Waals surface area (Å²) in [6, 6.07) is 20.9. The van der Waals surface area contributed by atoms with Gasteiger partial charge < -0.3 is 14.4 Å². The molecule has 0 spiro atoms. The van der Waals surface area contributed by atoms with Crippen LogP contribution in [0.5, 0.6) is 0 Å². The van der Waals surface area contributed by atoms with Crippen molar-refractivity contribution < 1.29 is 18.5 Å². The number of nitrogens with zero attached hydrogens (tertiary/aromatic N) is 3. The second-order valence-corrected chi connectivity index (χ2v) is 11.2. The van der Waals surface area contributed by atoms with Crippen molar-refractivity contribution in [3.05, 3.63) is 77.4 Å². The highest BCUT2D eigenvalue weighted by atomic mass is 35.5. The highest BCUT2D eigenvalue weighted by Crippen LogP contribution is 2.37. The van der Waals surface area contributed by atoms with Crippen LogP contribution in [0.1, 0.15) is 10.5 Å². The van der Waals surface area contributed by atoms with Crippen LogP contribution < -0.4 is 0 Å². The topological polar surface area (TPSA) is 73.7 Å². The second kappa shape index (κ2) is 10.7. The van der Waals surface area contributed by atoms with Crippen LogP contribution in [0, 0.1) is 0 Å². The number of hydrogen-bond acceptors (Lipinski definition) is 6. The lowest BCUT2D eigenvalue weighted by Gasteiger charge is -2.19. The van der Waals surface area contributed by atoms with E-state index >= 15 is 0 Å². The highest BCUT2D eigenvalue weighted by Gasteiger charge is 2.25. The number of carbonyl (C=O) groups is 1. The van der Waals surface area contributed by atoms with E-state index in [0.29, 0.717) is 36.2 Å². The van der Waals surface area contributed by atoms with Crippen LogP contribution in [0.3, 0.4) is 0 Å². The minimum atomic E-state index is -1.07. The third-order valence-corrected chi connectivity index (χ3v) is 8.17. The molecule has 2 aromatic carbocycles. The number of carbonyl (C=O) groups excluding carboxylic acids is 1. The lowest BCUT2D eigenvalue weighted by molar-refractivity contribution is -0.0543. The van der Waals surface area contributed by atoms with Crippen LogP contribution in [-0.2, 0) is 20.3 Å². The molecule has 0 radical (unpaired) electrons. The Labute approximate surface area is 220 Å². The van der Waals surface area contributed by atoms with Gasteiger partial charge in [-0.3, -0.25) is 9.00 Å². The Morgan fingerprint density at radius 2 is 1.86 bits per heavy atom. The van der Waals surface area contributed by atoms with Crippen LogP contribution in [0.25, 0.3) is 26.7 Å². The SMILES string of the molecule is CN(CC1OCCO1)C(=O)c1cc(-c2ccc(-c3cccc(S(C)=O)c3)s2)n(-c2ccccc2Cl)n1. The summed E-state index contributed by atoms with van der Waals surface area (Å²) in [6.45, 7) is 1.36. The number of ether oxygens (including phenoxy) is 2. The van der Waals surface area contributed by atoms with Crippen LogP contribution in [0.15, 0.2) is 71.6 Å². The number of para-hydroxylation sites is 1. The molecule has 1 amide bonds. The van der Waals surface area contributed by atoms with Crippen molar-refractivity contribution >= 4 is 39.6 Å². The molecule has 0 bridgehead atoms. The maximum atomic E-state index is 13.3. The Hall–Kier alpha value is -2.82. The average Bonchev–Trinajstić information content (AvgIpc) is 3.64. The Bertz CT molecular complexity index is 1430. The zero-order valence-corrected chi connectivity index (χ0v) is 22.1. The van der Waals surface area contributed by atoms with Gasteiger partial charge in [0.1, 0.15) is 0 Å². The van der Waals surface area contributed by atoms with Gasteiger partial charge in [0.25, 0.3) is 5.91 Å². The van der Waals surface area contributed by atoms with Gasteiger partial charge in [-0.15, -0.1) is 11.3 Å². The van der Waals surface area contributed by atoms with Gasteiger partial charge in [-0.05, 0) is 48.0 Å². The molecule has 36 heavy (non-hydrogen) atoms. The van der Waals surface area contributed by atoms with Crippen LogP contribution in [0.2, 0.25) is 5.02 Å². The van der Waals surface area contributed by atoms with Gasteiger partial charge in [0, 0.05) is 33.9 Å². The number of aromatic nitrogens is 2. The molecule has 1 unspecified atom stereocenters. The first kappa shape index (κ1) is 24.9. The largest absolute Gasteiger partial charge is 0.348 e. The molecule has 1 saturated heterocycles. The van der Waals surface area contributed by atoms with Crippen molar-refractivity contribution in [2.45, 2.75) is 11.2 Å². The van der Waals surface area contributed by atoms with Crippen molar-refractivity contribution in [2.75, 3.05) is 33.1 Å². The van der Waals surface area contributed by atoms with Gasteiger partial charge in [-0.25, -0.2) is 4.68 Å². The smallest absolute Gasteiger partial charge is 0.274 e. The first-order valence-electron chi connectivity index (χ1n) is 11.3. The first-order valence-corrected chi connectivity index (χ1v) is 14.0. The van der Waals surface area contributed by atoms with E-state index in [1.54, 1.807) is 46.4 Å². The van der Waals surface area contributed by atoms with E-state index in [1.807, 2.05) is 54.6 Å². The van der Waals surface area contributed by atoms with Gasteiger partial charge in [-0.2, -0.15) is 5.10 Å². The molecule has 1 aliphatic rings. The number of thiophene rings is 1. The number of halogens is 1. The van der Waals surface area contributed by atoms with E-state index in [-0.39, 0.29) is 5.91 Å². The van der Waals surface area contributed by atoms with Gasteiger partial charge in [0.15, 0.2) is 12.0 Å². The predicted octanol–water partition coefficient (Wildman–Crippen LogP) is 5.10. The molecule has 5 rings (SSSR count). The molecule has 1 aliphatic heterocycles. The minimum absolute atomic E-state index is 0.240. The predicted molar refractivity (Wildman–Crippen MR) is 142 cm³/mol. The molecule has 186 valence electrons. The minimum Gasteiger partial charge on any atom is -0.348 e. The standard InChI is InChI=1S/C26H24ClN3O4S2/c1-29(16-25-33-12-13-34-25)26(31)20-15-22(30(28-20)21-9-4-3-8-19(21)27)24-11-10-23(35-24)17-6-5-7-18(14-17)36(2)32/h3-11,14-15,25H,12-13,16H2,1-2H3. The molecule has 3 heterocycles. The number of hydrogen-bond donors (Lipinski definition) is 0. The van der Waals surface area contributed by atoms with Crippen molar-refractivity contribution in [3.8, 4) is 26.7 Å². The molecular formula is C26H24ClN3O4S2. The second-order valence-electron chi connectivity index (χ2n) is 8.28. The molecule has 0 aliphatic carbocycles. The molecule has 10 heteroatoms. The Kier molecular flexibility index (Phi) is 7.36. The normalized spacial score (nSPS) is 14.8. The van der Waals surface area contributed by atoms with E-state index in [4.69, 9.17) is 21.1 Å². The molecule has 4 aromatic rings. The number of rotatable bonds is 7. The molecule has 1 atom stereocenters. The van der Waals surface area contributed by atoms with Crippen molar-refractivity contribution in [2.24, 2.45) is 0 Å². The highest BCUT2D eigenvalue weighted by molar-refractivity contribution is 7.84. The van der Waals surface area contributed by atoms with Crippen molar-refractivity contribution in [1.82, 2.24) is 14.7 Å². The van der Waals surface area contributed by atoms with Gasteiger partial charge in [0.2, 0.25) is 0 Å². The fraction of sp³-hybridized carbons (Fsp3) is 0.231. The third-order valence-electron chi connectivity index (χ3n) is 5.78. The summed E-state index contributed by atoms with van der Waals surface area (Å²) in [5.41, 5.74) is 2.70. The summed E-state index contributed by atoms with van der Waals surface area (Å²) >= 11 is 8.08. The maximum Gasteiger partial charge on any atom is 0.274 e. The van der Waals surface area contributed by atoms with Crippen LogP contribution in [-0.4, -0.2) is 64.1 Å². The summed E-state index contributed by atoms with van der Waals surface area (Å²) in [5, 5.41) is 5.18. The van der Waals surface area contributed by atoms with Gasteiger partial charge >= 0.3 is 0 Å². The summed E-state index contributed by atoms with van der Waals surface area (Å²) in [6.07, 6.45) is 1.24. The lowest BCUT2D eigenvalue weighted by atomic mass is 10.2. The Balaban J connectivity index is 1.52.